The number of carbonyl (C=O) groups excluding carboxylic acids is 2. The van der Waals surface area contributed by atoms with Crippen molar-refractivity contribution in [2.45, 2.75) is 20.8 Å². The van der Waals surface area contributed by atoms with Crippen LogP contribution in [-0.4, -0.2) is 30.7 Å². The third-order valence-electron chi connectivity index (χ3n) is 6.02. The molecule has 2 aromatic carbocycles. The van der Waals surface area contributed by atoms with Crippen LogP contribution >= 0.6 is 27.5 Å². The van der Waals surface area contributed by atoms with Crippen molar-refractivity contribution in [3.8, 4) is 11.4 Å². The van der Waals surface area contributed by atoms with Gasteiger partial charge in [-0.15, -0.1) is 0 Å². The molecule has 0 aliphatic carbocycles. The van der Waals surface area contributed by atoms with Crippen LogP contribution in [0.1, 0.15) is 23.9 Å². The SMILES string of the molecule is COC(=O)C1=C(C)N(c2ccc(OC)c(Cl)c2)C(=O)/C1=C\c1cc(C)n(-c2cccc(Br)c2)c1C. The summed E-state index contributed by atoms with van der Waals surface area (Å²) < 4.78 is 13.3. The molecule has 35 heavy (non-hydrogen) atoms. The molecule has 3 aromatic rings. The number of aryl methyl sites for hydroxylation is 1. The van der Waals surface area contributed by atoms with Gasteiger partial charge in [-0.1, -0.05) is 33.6 Å². The zero-order valence-corrected chi connectivity index (χ0v) is 22.3. The predicted octanol–water partition coefficient (Wildman–Crippen LogP) is 6.40. The van der Waals surface area contributed by atoms with Crippen molar-refractivity contribution < 1.29 is 19.1 Å². The third kappa shape index (κ3) is 4.42. The second-order valence-corrected chi connectivity index (χ2v) is 9.43. The Balaban J connectivity index is 1.84. The fourth-order valence-electron chi connectivity index (χ4n) is 4.39. The standard InChI is InChI=1S/C27H24BrClN2O4/c1-15-11-18(16(2)30(15)20-8-6-7-19(28)13-20)12-22-25(27(33)35-5)17(3)31(26(22)32)21-9-10-24(34-4)23(29)14-21/h6-14H,1-5H3/b22-12-. The summed E-state index contributed by atoms with van der Waals surface area (Å²) in [6, 6.07) is 15.0. The Hall–Kier alpha value is -3.29. The first kappa shape index (κ1) is 24.8. The van der Waals surface area contributed by atoms with E-state index in [4.69, 9.17) is 21.1 Å². The number of halogens is 2. The minimum Gasteiger partial charge on any atom is -0.495 e. The molecule has 0 fully saturated rings. The van der Waals surface area contributed by atoms with E-state index in [9.17, 15) is 9.59 Å². The van der Waals surface area contributed by atoms with Gasteiger partial charge >= 0.3 is 5.97 Å². The highest BCUT2D eigenvalue weighted by Crippen LogP contribution is 2.38. The number of carbonyl (C=O) groups is 2. The molecular formula is C27H24BrClN2O4. The number of amides is 1. The number of aromatic nitrogens is 1. The maximum absolute atomic E-state index is 13.7. The largest absolute Gasteiger partial charge is 0.495 e. The van der Waals surface area contributed by atoms with E-state index in [1.54, 1.807) is 31.2 Å². The molecule has 0 unspecified atom stereocenters. The summed E-state index contributed by atoms with van der Waals surface area (Å²) in [5.74, 6) is -0.422. The van der Waals surface area contributed by atoms with Gasteiger partial charge in [-0.25, -0.2) is 4.79 Å². The van der Waals surface area contributed by atoms with Crippen LogP contribution in [0.5, 0.6) is 5.75 Å². The van der Waals surface area contributed by atoms with Crippen molar-refractivity contribution in [1.29, 1.82) is 0 Å². The minimum absolute atomic E-state index is 0.219. The van der Waals surface area contributed by atoms with E-state index >= 15 is 0 Å². The second-order valence-electron chi connectivity index (χ2n) is 8.11. The van der Waals surface area contributed by atoms with Gasteiger partial charge in [0.25, 0.3) is 5.91 Å². The smallest absolute Gasteiger partial charge is 0.340 e. The summed E-state index contributed by atoms with van der Waals surface area (Å²) in [7, 11) is 2.82. The highest BCUT2D eigenvalue weighted by atomic mass is 79.9. The Morgan fingerprint density at radius 3 is 2.40 bits per heavy atom. The van der Waals surface area contributed by atoms with Crippen LogP contribution in [0, 0.1) is 13.8 Å². The van der Waals surface area contributed by atoms with Gasteiger partial charge in [-0.2, -0.15) is 0 Å². The van der Waals surface area contributed by atoms with Crippen molar-refractivity contribution in [2.24, 2.45) is 0 Å². The molecule has 0 bridgehead atoms. The average molecular weight is 556 g/mol. The molecule has 0 radical (unpaired) electrons. The van der Waals surface area contributed by atoms with Gasteiger partial charge in [0.1, 0.15) is 5.75 Å². The summed E-state index contributed by atoms with van der Waals surface area (Å²) in [6.07, 6.45) is 1.75. The fraction of sp³-hybridized carbons (Fsp3) is 0.185. The van der Waals surface area contributed by atoms with E-state index < -0.39 is 5.97 Å². The first-order valence-electron chi connectivity index (χ1n) is 10.8. The Bertz CT molecular complexity index is 1420. The number of nitrogens with zero attached hydrogens (tertiary/aromatic N) is 2. The first-order chi connectivity index (χ1) is 16.7. The van der Waals surface area contributed by atoms with Crippen molar-refractivity contribution in [2.75, 3.05) is 19.1 Å². The molecule has 2 heterocycles. The molecule has 0 N–H and O–H groups in total. The Labute approximate surface area is 217 Å². The first-order valence-corrected chi connectivity index (χ1v) is 12.0. The van der Waals surface area contributed by atoms with Crippen LogP contribution in [0.15, 0.2) is 69.8 Å². The van der Waals surface area contributed by atoms with Crippen molar-refractivity contribution in [1.82, 2.24) is 4.57 Å². The Kier molecular flexibility index (Phi) is 6.92. The average Bonchev–Trinajstić information content (AvgIpc) is 3.24. The number of anilines is 1. The van der Waals surface area contributed by atoms with Gasteiger partial charge in [0, 0.05) is 27.2 Å². The number of ether oxygens (including phenoxy) is 2. The summed E-state index contributed by atoms with van der Waals surface area (Å²) in [5, 5.41) is 0.361. The Morgan fingerprint density at radius 2 is 1.77 bits per heavy atom. The molecule has 8 heteroatoms. The lowest BCUT2D eigenvalue weighted by Gasteiger charge is -2.19. The van der Waals surface area contributed by atoms with E-state index in [0.29, 0.717) is 22.2 Å². The molecule has 6 nitrogen and oxygen atoms in total. The summed E-state index contributed by atoms with van der Waals surface area (Å²) in [6.45, 7) is 5.70. The fourth-order valence-corrected chi connectivity index (χ4v) is 5.03. The van der Waals surface area contributed by atoms with Crippen molar-refractivity contribution >= 4 is 51.2 Å². The molecule has 1 aromatic heterocycles. The zero-order valence-electron chi connectivity index (χ0n) is 20.0. The normalized spacial score (nSPS) is 14.8. The van der Waals surface area contributed by atoms with Crippen molar-refractivity contribution in [3.63, 3.8) is 0 Å². The second kappa shape index (κ2) is 9.76. The van der Waals surface area contributed by atoms with Gasteiger partial charge in [0.2, 0.25) is 0 Å². The summed E-state index contributed by atoms with van der Waals surface area (Å²) in [5.41, 5.74) is 5.23. The molecule has 4 rings (SSSR count). The molecule has 0 saturated heterocycles. The van der Waals surface area contributed by atoms with Gasteiger partial charge in [0.05, 0.1) is 36.1 Å². The molecule has 1 aliphatic rings. The van der Waals surface area contributed by atoms with Crippen LogP contribution in [0.25, 0.3) is 11.8 Å². The van der Waals surface area contributed by atoms with Gasteiger partial charge in [-0.3, -0.25) is 9.69 Å². The zero-order chi connectivity index (χ0) is 25.4. The molecule has 0 atom stereocenters. The van der Waals surface area contributed by atoms with E-state index in [1.807, 2.05) is 44.2 Å². The lowest BCUT2D eigenvalue weighted by atomic mass is 10.0. The van der Waals surface area contributed by atoms with E-state index in [-0.39, 0.29) is 17.1 Å². The topological polar surface area (TPSA) is 60.8 Å². The predicted molar refractivity (Wildman–Crippen MR) is 141 cm³/mol. The number of allylic oxidation sites excluding steroid dienone is 1. The third-order valence-corrected chi connectivity index (χ3v) is 6.81. The molecular weight excluding hydrogens is 532 g/mol. The molecule has 0 spiro atoms. The summed E-state index contributed by atoms with van der Waals surface area (Å²) >= 11 is 9.84. The van der Waals surface area contributed by atoms with E-state index in [1.165, 1.54) is 19.1 Å². The van der Waals surface area contributed by atoms with Gasteiger partial charge in [0.15, 0.2) is 0 Å². The van der Waals surface area contributed by atoms with Gasteiger partial charge < -0.3 is 14.0 Å². The van der Waals surface area contributed by atoms with Crippen LogP contribution in [0.3, 0.4) is 0 Å². The quantitative estimate of drug-likeness (QED) is 0.270. The minimum atomic E-state index is -0.579. The highest BCUT2D eigenvalue weighted by Gasteiger charge is 2.38. The number of hydrogen-bond acceptors (Lipinski definition) is 4. The van der Waals surface area contributed by atoms with Crippen LogP contribution in [0.4, 0.5) is 5.69 Å². The lowest BCUT2D eigenvalue weighted by molar-refractivity contribution is -0.136. The molecule has 180 valence electrons. The number of methoxy groups -OCH3 is 2. The molecule has 1 aliphatic heterocycles. The maximum Gasteiger partial charge on any atom is 0.340 e. The van der Waals surface area contributed by atoms with Crippen LogP contribution in [0.2, 0.25) is 5.02 Å². The molecule has 0 saturated carbocycles. The molecule has 1 amide bonds. The summed E-state index contributed by atoms with van der Waals surface area (Å²) in [4.78, 5) is 27.9. The number of rotatable bonds is 5. The number of esters is 1. The number of benzene rings is 2. The van der Waals surface area contributed by atoms with Gasteiger partial charge in [-0.05, 0) is 74.9 Å². The monoisotopic (exact) mass is 554 g/mol. The van der Waals surface area contributed by atoms with E-state index in [0.717, 1.165) is 27.1 Å². The van der Waals surface area contributed by atoms with Crippen LogP contribution < -0.4 is 9.64 Å². The van der Waals surface area contributed by atoms with Crippen LogP contribution in [-0.2, 0) is 14.3 Å². The highest BCUT2D eigenvalue weighted by molar-refractivity contribution is 9.10. The maximum atomic E-state index is 13.7. The van der Waals surface area contributed by atoms with E-state index in [2.05, 4.69) is 20.5 Å². The number of hydrogen-bond donors (Lipinski definition) is 0. The van der Waals surface area contributed by atoms with Crippen molar-refractivity contribution in [3.05, 3.63) is 91.8 Å². The lowest BCUT2D eigenvalue weighted by Crippen LogP contribution is -2.24. The Morgan fingerprint density at radius 1 is 1.03 bits per heavy atom.